The van der Waals surface area contributed by atoms with Gasteiger partial charge in [0.05, 0.1) is 11.3 Å². The van der Waals surface area contributed by atoms with E-state index in [4.69, 9.17) is 0 Å². The van der Waals surface area contributed by atoms with Crippen LogP contribution in [0.1, 0.15) is 12.5 Å². The van der Waals surface area contributed by atoms with Crippen molar-refractivity contribution in [3.8, 4) is 0 Å². The molecule has 0 fully saturated rings. The van der Waals surface area contributed by atoms with Crippen LogP contribution in [-0.4, -0.2) is 23.2 Å². The van der Waals surface area contributed by atoms with Gasteiger partial charge in [-0.15, -0.1) is 4.41 Å². The summed E-state index contributed by atoms with van der Waals surface area (Å²) in [6.07, 6.45) is -2.88. The molecule has 1 aromatic rings. The maximum absolute atomic E-state index is 13.5. The normalized spacial score (nSPS) is 16.9. The second kappa shape index (κ2) is 5.01. The van der Waals surface area contributed by atoms with Gasteiger partial charge in [-0.1, -0.05) is 11.9 Å². The molecule has 0 spiro atoms. The number of alkyl halides is 3. The molecule has 2 rings (SSSR count). The zero-order valence-corrected chi connectivity index (χ0v) is 11.0. The van der Waals surface area contributed by atoms with Gasteiger partial charge in [0.25, 0.3) is 0 Å². The lowest BCUT2D eigenvalue weighted by Crippen LogP contribution is -2.35. The van der Waals surface area contributed by atoms with Crippen LogP contribution in [0, 0.1) is 5.82 Å². The Labute approximate surface area is 112 Å². The zero-order chi connectivity index (χ0) is 14.2. The average molecular weight is 293 g/mol. The molecule has 0 atom stereocenters. The maximum Gasteiger partial charge on any atom is 0.419 e. The molecule has 1 heterocycles. The summed E-state index contributed by atoms with van der Waals surface area (Å²) in [6.45, 7) is 2.10. The van der Waals surface area contributed by atoms with Gasteiger partial charge in [0.1, 0.15) is 18.3 Å². The lowest BCUT2D eigenvalue weighted by molar-refractivity contribution is -0.139. The molecular formula is C11H11F4N3S. The van der Waals surface area contributed by atoms with Crippen LogP contribution in [0.3, 0.4) is 0 Å². The van der Waals surface area contributed by atoms with Gasteiger partial charge in [-0.05, 0) is 31.4 Å². The summed E-state index contributed by atoms with van der Waals surface area (Å²) in [5.74, 6) is -0.681. The molecule has 1 aliphatic heterocycles. The number of hydrogen-bond donors (Lipinski definition) is 0. The third-order valence-corrected chi connectivity index (χ3v) is 3.36. The highest BCUT2D eigenvalue weighted by molar-refractivity contribution is 7.96. The third-order valence-electron chi connectivity index (χ3n) is 2.66. The monoisotopic (exact) mass is 293 g/mol. The Morgan fingerprint density at radius 1 is 1.32 bits per heavy atom. The summed E-state index contributed by atoms with van der Waals surface area (Å²) in [7, 11) is 0. The molecule has 0 saturated heterocycles. The van der Waals surface area contributed by atoms with Crippen LogP contribution >= 0.6 is 11.9 Å². The third kappa shape index (κ3) is 2.69. The van der Waals surface area contributed by atoms with Crippen molar-refractivity contribution in [3.05, 3.63) is 29.6 Å². The predicted octanol–water partition coefficient (Wildman–Crippen LogP) is 3.54. The summed E-state index contributed by atoms with van der Waals surface area (Å²) in [6, 6.07) is 2.85. The maximum atomic E-state index is 13.5. The Morgan fingerprint density at radius 2 is 2.00 bits per heavy atom. The number of amidine groups is 1. The molecule has 0 bridgehead atoms. The highest BCUT2D eigenvalue weighted by atomic mass is 32.2. The lowest BCUT2D eigenvalue weighted by Gasteiger charge is -2.27. The summed E-state index contributed by atoms with van der Waals surface area (Å²) >= 11 is 1.35. The molecule has 3 nitrogen and oxygen atoms in total. The number of nitrogens with zero attached hydrogens (tertiary/aromatic N) is 3. The van der Waals surface area contributed by atoms with Crippen molar-refractivity contribution in [2.45, 2.75) is 13.1 Å². The van der Waals surface area contributed by atoms with Crippen molar-refractivity contribution in [1.82, 2.24) is 4.41 Å². The van der Waals surface area contributed by atoms with Gasteiger partial charge in [0.15, 0.2) is 0 Å². The standard InChI is InChI=1S/C11H11F4N3S/c1-7-16-6-17(19-2)18(7)8-3-4-9(10(12)5-8)11(13,14)15/h3-5H,6H2,1-2H3. The Morgan fingerprint density at radius 3 is 2.53 bits per heavy atom. The molecule has 0 saturated carbocycles. The smallest absolute Gasteiger partial charge is 0.253 e. The molecule has 0 aliphatic carbocycles. The molecule has 19 heavy (non-hydrogen) atoms. The van der Waals surface area contributed by atoms with Gasteiger partial charge in [-0.3, -0.25) is 4.99 Å². The summed E-state index contributed by atoms with van der Waals surface area (Å²) in [5, 5.41) is 1.58. The minimum absolute atomic E-state index is 0.318. The lowest BCUT2D eigenvalue weighted by atomic mass is 10.2. The number of rotatable bonds is 2. The van der Waals surface area contributed by atoms with Crippen LogP contribution in [0.2, 0.25) is 0 Å². The number of hydrazine groups is 1. The van der Waals surface area contributed by atoms with E-state index < -0.39 is 17.6 Å². The fourth-order valence-corrected chi connectivity index (χ4v) is 2.32. The first-order valence-corrected chi connectivity index (χ1v) is 6.52. The van der Waals surface area contributed by atoms with Gasteiger partial charge in [-0.2, -0.15) is 13.2 Å². The van der Waals surface area contributed by atoms with Gasteiger partial charge in [-0.25, -0.2) is 9.40 Å². The van der Waals surface area contributed by atoms with E-state index >= 15 is 0 Å². The number of halogens is 4. The van der Waals surface area contributed by atoms with Crippen molar-refractivity contribution < 1.29 is 17.6 Å². The predicted molar refractivity (Wildman–Crippen MR) is 67.2 cm³/mol. The van der Waals surface area contributed by atoms with Crippen molar-refractivity contribution in [3.63, 3.8) is 0 Å². The van der Waals surface area contributed by atoms with Crippen molar-refractivity contribution >= 4 is 23.5 Å². The quantitative estimate of drug-likeness (QED) is 0.614. The average Bonchev–Trinajstić information content (AvgIpc) is 2.68. The van der Waals surface area contributed by atoms with Gasteiger partial charge in [0, 0.05) is 0 Å². The zero-order valence-electron chi connectivity index (χ0n) is 10.2. The highest BCUT2D eigenvalue weighted by Crippen LogP contribution is 2.34. The van der Waals surface area contributed by atoms with Gasteiger partial charge < -0.3 is 0 Å². The number of anilines is 1. The molecule has 0 amide bonds. The topological polar surface area (TPSA) is 18.8 Å². The van der Waals surface area contributed by atoms with Crippen LogP contribution in [0.15, 0.2) is 23.2 Å². The second-order valence-corrected chi connectivity index (χ2v) is 4.64. The summed E-state index contributed by atoms with van der Waals surface area (Å²) in [4.78, 5) is 4.15. The number of aliphatic imine (C=N–C) groups is 1. The van der Waals surface area contributed by atoms with Gasteiger partial charge in [0.2, 0.25) is 0 Å². The summed E-state index contributed by atoms with van der Waals surface area (Å²) < 4.78 is 52.7. The molecule has 0 unspecified atom stereocenters. The fraction of sp³-hybridized carbons (Fsp3) is 0.364. The summed E-state index contributed by atoms with van der Waals surface area (Å²) in [5.41, 5.74) is -0.945. The van der Waals surface area contributed by atoms with Crippen molar-refractivity contribution in [1.29, 1.82) is 0 Å². The molecule has 1 aliphatic rings. The molecular weight excluding hydrogens is 282 g/mol. The Bertz CT molecular complexity index is 515. The van der Waals surface area contributed by atoms with E-state index in [1.165, 1.54) is 18.0 Å². The molecule has 1 aromatic carbocycles. The fourth-order valence-electron chi connectivity index (χ4n) is 1.78. The van der Waals surface area contributed by atoms with Crippen LogP contribution in [0.25, 0.3) is 0 Å². The SMILES string of the molecule is CSN1CN=C(C)N1c1ccc(C(F)(F)F)c(F)c1. The van der Waals surface area contributed by atoms with Crippen LogP contribution in [-0.2, 0) is 6.18 Å². The minimum atomic E-state index is -4.68. The van der Waals surface area contributed by atoms with Gasteiger partial charge >= 0.3 is 6.18 Å². The van der Waals surface area contributed by atoms with E-state index in [2.05, 4.69) is 4.99 Å². The Hall–Kier alpha value is -1.28. The van der Waals surface area contributed by atoms with Crippen LogP contribution in [0.4, 0.5) is 23.2 Å². The largest absolute Gasteiger partial charge is 0.419 e. The first-order valence-electron chi connectivity index (χ1n) is 5.34. The number of benzene rings is 1. The van der Waals surface area contributed by atoms with Crippen molar-refractivity contribution in [2.24, 2.45) is 4.99 Å². The van der Waals surface area contributed by atoms with E-state index in [1.54, 1.807) is 16.3 Å². The molecule has 0 radical (unpaired) electrons. The Balaban J connectivity index is 2.37. The molecule has 8 heteroatoms. The van der Waals surface area contributed by atoms with E-state index in [9.17, 15) is 17.6 Å². The second-order valence-electron chi connectivity index (χ2n) is 3.86. The molecule has 0 aromatic heterocycles. The van der Waals surface area contributed by atoms with E-state index in [0.717, 1.165) is 12.1 Å². The van der Waals surface area contributed by atoms with E-state index in [-0.39, 0.29) is 0 Å². The first kappa shape index (κ1) is 14.1. The van der Waals surface area contributed by atoms with E-state index in [0.29, 0.717) is 18.2 Å². The molecule has 104 valence electrons. The first-order chi connectivity index (χ1) is 8.84. The Kier molecular flexibility index (Phi) is 3.73. The number of hydrogen-bond acceptors (Lipinski definition) is 4. The van der Waals surface area contributed by atoms with Crippen LogP contribution < -0.4 is 5.01 Å². The minimum Gasteiger partial charge on any atom is -0.253 e. The van der Waals surface area contributed by atoms with Crippen LogP contribution in [0.5, 0.6) is 0 Å². The van der Waals surface area contributed by atoms with Crippen molar-refractivity contribution in [2.75, 3.05) is 17.9 Å². The van der Waals surface area contributed by atoms with E-state index in [1.807, 2.05) is 6.26 Å². The highest BCUT2D eigenvalue weighted by Gasteiger charge is 2.35. The molecule has 0 N–H and O–H groups in total.